The third kappa shape index (κ3) is 2.24. The molecule has 3 N–H and O–H groups in total. The zero-order valence-electron chi connectivity index (χ0n) is 11.1. The number of benzene rings is 1. The van der Waals surface area contributed by atoms with E-state index in [4.69, 9.17) is 0 Å². The number of rotatable bonds is 4. The zero-order valence-corrected chi connectivity index (χ0v) is 11.1. The molecule has 1 aromatic carbocycles. The van der Waals surface area contributed by atoms with E-state index in [1.807, 2.05) is 13.1 Å². The Bertz CT molecular complexity index is 695. The molecule has 5 heteroatoms. The van der Waals surface area contributed by atoms with Crippen molar-refractivity contribution in [2.75, 3.05) is 13.6 Å². The van der Waals surface area contributed by atoms with Gasteiger partial charge < -0.3 is 15.3 Å². The molecule has 0 atom stereocenters. The van der Waals surface area contributed by atoms with Gasteiger partial charge in [-0.2, -0.15) is 0 Å². The highest BCUT2D eigenvalue weighted by Gasteiger charge is 2.09. The molecule has 0 aliphatic rings. The lowest BCUT2D eigenvalue weighted by atomic mass is 10.1. The third-order valence-electron chi connectivity index (χ3n) is 3.24. The summed E-state index contributed by atoms with van der Waals surface area (Å²) in [6.45, 7) is 2.98. The molecule has 19 heavy (non-hydrogen) atoms. The lowest BCUT2D eigenvalue weighted by Crippen LogP contribution is -2.11. The molecule has 0 amide bonds. The molecule has 0 aliphatic heterocycles. The highest BCUT2D eigenvalue weighted by Crippen LogP contribution is 2.24. The summed E-state index contributed by atoms with van der Waals surface area (Å²) in [4.78, 5) is 15.4. The number of hydrogen-bond donors (Lipinski definition) is 3. The maximum atomic E-state index is 4.68. The molecule has 3 rings (SSSR count). The van der Waals surface area contributed by atoms with Crippen molar-refractivity contribution < 1.29 is 0 Å². The Hall–Kier alpha value is -2.14. The summed E-state index contributed by atoms with van der Waals surface area (Å²) in [6, 6.07) is 6.17. The molecule has 98 valence electrons. The molecule has 0 bridgehead atoms. The van der Waals surface area contributed by atoms with Crippen molar-refractivity contribution in [2.45, 2.75) is 13.3 Å². The Labute approximate surface area is 111 Å². The van der Waals surface area contributed by atoms with Crippen LogP contribution in [0.2, 0.25) is 0 Å². The molecule has 0 saturated heterocycles. The van der Waals surface area contributed by atoms with E-state index in [1.165, 1.54) is 0 Å². The lowest BCUT2D eigenvalue weighted by molar-refractivity contribution is 0.763. The van der Waals surface area contributed by atoms with E-state index in [9.17, 15) is 0 Å². The molecular formula is C14H17N5. The molecule has 0 aliphatic carbocycles. The molecule has 0 unspecified atom stereocenters. The van der Waals surface area contributed by atoms with Gasteiger partial charge in [0.2, 0.25) is 0 Å². The average molecular weight is 255 g/mol. The average Bonchev–Trinajstić information content (AvgIpc) is 3.01. The maximum absolute atomic E-state index is 4.68. The second-order valence-corrected chi connectivity index (χ2v) is 4.65. The Morgan fingerprint density at radius 2 is 2.21 bits per heavy atom. The summed E-state index contributed by atoms with van der Waals surface area (Å²) >= 11 is 0. The smallest absolute Gasteiger partial charge is 0.108 e. The molecule has 3 aromatic rings. The second-order valence-electron chi connectivity index (χ2n) is 4.65. The fraction of sp³-hybridized carbons (Fsp3) is 0.286. The maximum Gasteiger partial charge on any atom is 0.108 e. The van der Waals surface area contributed by atoms with Gasteiger partial charge >= 0.3 is 0 Å². The molecular weight excluding hydrogens is 238 g/mol. The van der Waals surface area contributed by atoms with Crippen molar-refractivity contribution in [2.24, 2.45) is 0 Å². The van der Waals surface area contributed by atoms with Crippen molar-refractivity contribution in [1.29, 1.82) is 0 Å². The minimum atomic E-state index is 0.906. The van der Waals surface area contributed by atoms with Gasteiger partial charge in [0, 0.05) is 24.2 Å². The van der Waals surface area contributed by atoms with Gasteiger partial charge in [-0.25, -0.2) is 9.97 Å². The predicted octanol–water partition coefficient (Wildman–Crippen LogP) is 2.02. The minimum absolute atomic E-state index is 0.906. The van der Waals surface area contributed by atoms with Crippen molar-refractivity contribution in [1.82, 2.24) is 25.3 Å². The van der Waals surface area contributed by atoms with E-state index in [0.717, 1.165) is 46.8 Å². The van der Waals surface area contributed by atoms with Crippen LogP contribution < -0.4 is 5.32 Å². The minimum Gasteiger partial charge on any atom is -0.346 e. The third-order valence-corrected chi connectivity index (χ3v) is 3.24. The number of nitrogens with zero attached hydrogens (tertiary/aromatic N) is 2. The van der Waals surface area contributed by atoms with E-state index >= 15 is 0 Å². The normalized spacial score (nSPS) is 11.3. The molecule has 0 saturated carbocycles. The predicted molar refractivity (Wildman–Crippen MR) is 76.0 cm³/mol. The molecule has 0 spiro atoms. The Kier molecular flexibility index (Phi) is 3.05. The first-order valence-electron chi connectivity index (χ1n) is 6.41. The number of aromatic amines is 2. The van der Waals surface area contributed by atoms with Crippen LogP contribution >= 0.6 is 0 Å². The van der Waals surface area contributed by atoms with Gasteiger partial charge in [-0.05, 0) is 26.1 Å². The first kappa shape index (κ1) is 11.9. The first-order chi connectivity index (χ1) is 9.28. The Morgan fingerprint density at radius 3 is 3.05 bits per heavy atom. The number of hydrogen-bond acceptors (Lipinski definition) is 3. The quantitative estimate of drug-likeness (QED) is 0.668. The summed E-state index contributed by atoms with van der Waals surface area (Å²) in [5.41, 5.74) is 5.25. The number of imidazole rings is 2. The monoisotopic (exact) mass is 255 g/mol. The first-order valence-corrected chi connectivity index (χ1v) is 6.41. The summed E-state index contributed by atoms with van der Waals surface area (Å²) < 4.78 is 0. The van der Waals surface area contributed by atoms with Crippen LogP contribution in [0.5, 0.6) is 0 Å². The van der Waals surface area contributed by atoms with Crippen molar-refractivity contribution in [3.63, 3.8) is 0 Å². The number of fused-ring (bicyclic) bond motifs is 1. The van der Waals surface area contributed by atoms with E-state index in [-0.39, 0.29) is 0 Å². The standard InChI is InChI=1S/C14H17N5/c1-9-14(19-13(18-9)5-6-15-2)10-3-4-11-12(7-10)17-8-16-11/h3-4,7-8,15H,5-6H2,1-2H3,(H,16,17)(H,18,19). The van der Waals surface area contributed by atoms with E-state index in [0.29, 0.717) is 0 Å². The Morgan fingerprint density at radius 1 is 1.32 bits per heavy atom. The summed E-state index contributed by atoms with van der Waals surface area (Å²) in [5, 5.41) is 3.13. The van der Waals surface area contributed by atoms with E-state index in [2.05, 4.69) is 44.3 Å². The summed E-state index contributed by atoms with van der Waals surface area (Å²) in [7, 11) is 1.95. The van der Waals surface area contributed by atoms with Crippen LogP contribution in [-0.2, 0) is 6.42 Å². The number of nitrogens with one attached hydrogen (secondary N) is 3. The van der Waals surface area contributed by atoms with Gasteiger partial charge in [0.15, 0.2) is 0 Å². The highest BCUT2D eigenvalue weighted by atomic mass is 14.9. The molecule has 2 aromatic heterocycles. The van der Waals surface area contributed by atoms with Crippen molar-refractivity contribution in [3.8, 4) is 11.3 Å². The molecule has 2 heterocycles. The fourth-order valence-corrected chi connectivity index (χ4v) is 2.25. The van der Waals surface area contributed by atoms with Crippen molar-refractivity contribution >= 4 is 11.0 Å². The largest absolute Gasteiger partial charge is 0.346 e. The Balaban J connectivity index is 1.98. The van der Waals surface area contributed by atoms with Crippen LogP contribution in [0.15, 0.2) is 24.5 Å². The molecule has 5 nitrogen and oxygen atoms in total. The van der Waals surface area contributed by atoms with Gasteiger partial charge in [-0.1, -0.05) is 6.07 Å². The van der Waals surface area contributed by atoms with E-state index in [1.54, 1.807) is 6.33 Å². The molecule has 0 radical (unpaired) electrons. The lowest BCUT2D eigenvalue weighted by Gasteiger charge is -1.98. The van der Waals surface area contributed by atoms with Crippen LogP contribution in [0.25, 0.3) is 22.3 Å². The van der Waals surface area contributed by atoms with Crippen molar-refractivity contribution in [3.05, 3.63) is 36.0 Å². The van der Waals surface area contributed by atoms with Crippen LogP contribution in [0.3, 0.4) is 0 Å². The summed E-state index contributed by atoms with van der Waals surface area (Å²) in [6.07, 6.45) is 2.62. The number of likely N-dealkylation sites (N-methyl/N-ethyl adjacent to an activating group) is 1. The number of H-pyrrole nitrogens is 2. The molecule has 0 fully saturated rings. The van der Waals surface area contributed by atoms with Gasteiger partial charge in [0.1, 0.15) is 5.82 Å². The van der Waals surface area contributed by atoms with Gasteiger partial charge in [0.25, 0.3) is 0 Å². The van der Waals surface area contributed by atoms with Crippen LogP contribution in [0.1, 0.15) is 11.5 Å². The number of aromatic nitrogens is 4. The van der Waals surface area contributed by atoms with Gasteiger partial charge in [-0.3, -0.25) is 0 Å². The van der Waals surface area contributed by atoms with Crippen LogP contribution in [0, 0.1) is 6.92 Å². The fourth-order valence-electron chi connectivity index (χ4n) is 2.25. The SMILES string of the molecule is CNCCc1nc(-c2ccc3nc[nH]c3c2)c(C)[nH]1. The van der Waals surface area contributed by atoms with Gasteiger partial charge in [0.05, 0.1) is 23.1 Å². The second kappa shape index (κ2) is 4.85. The van der Waals surface area contributed by atoms with Crippen LogP contribution in [-0.4, -0.2) is 33.5 Å². The summed E-state index contributed by atoms with van der Waals surface area (Å²) in [5.74, 6) is 1.02. The number of aryl methyl sites for hydroxylation is 1. The van der Waals surface area contributed by atoms with Crippen LogP contribution in [0.4, 0.5) is 0 Å². The highest BCUT2D eigenvalue weighted by molar-refractivity contribution is 5.81. The topological polar surface area (TPSA) is 69.4 Å². The van der Waals surface area contributed by atoms with E-state index < -0.39 is 0 Å². The zero-order chi connectivity index (χ0) is 13.2. The van der Waals surface area contributed by atoms with Gasteiger partial charge in [-0.15, -0.1) is 0 Å².